The maximum absolute atomic E-state index is 11.6. The van der Waals surface area contributed by atoms with Crippen molar-refractivity contribution in [3.05, 3.63) is 11.3 Å². The lowest BCUT2D eigenvalue weighted by atomic mass is 9.89. The molecule has 3 nitrogen and oxygen atoms in total. The minimum Gasteiger partial charge on any atom is -0.402 e. The number of carbonyl (C=O) groups excluding carboxylic acids is 1. The van der Waals surface area contributed by atoms with Crippen molar-refractivity contribution in [2.45, 2.75) is 34.1 Å². The van der Waals surface area contributed by atoms with E-state index in [1.807, 2.05) is 0 Å². The number of allylic oxidation sites excluding steroid dienone is 1. The van der Waals surface area contributed by atoms with E-state index in [4.69, 9.17) is 5.73 Å². The zero-order valence-electron chi connectivity index (χ0n) is 10.1. The molecule has 0 rings (SSSR count). The second-order valence-corrected chi connectivity index (χ2v) is 5.09. The topological polar surface area (TPSA) is 46.3 Å². The van der Waals surface area contributed by atoms with E-state index in [1.54, 1.807) is 25.9 Å². The van der Waals surface area contributed by atoms with Gasteiger partial charge in [-0.1, -0.05) is 20.8 Å². The quantitative estimate of drug-likeness (QED) is 0.687. The van der Waals surface area contributed by atoms with Crippen LogP contribution in [0.4, 0.5) is 0 Å². The molecule has 0 aliphatic carbocycles. The summed E-state index contributed by atoms with van der Waals surface area (Å²) >= 11 is 0. The van der Waals surface area contributed by atoms with E-state index in [0.29, 0.717) is 11.3 Å². The first-order chi connectivity index (χ1) is 6.15. The van der Waals surface area contributed by atoms with Crippen molar-refractivity contribution in [3.8, 4) is 0 Å². The highest BCUT2D eigenvalue weighted by Gasteiger charge is 2.16. The van der Waals surface area contributed by atoms with Crippen LogP contribution in [0.15, 0.2) is 11.3 Å². The number of hydrogen-bond acceptors (Lipinski definition) is 2. The van der Waals surface area contributed by atoms with E-state index in [-0.39, 0.29) is 11.3 Å². The number of likely N-dealkylation sites (N-methyl/N-ethyl adjacent to an activating group) is 1. The van der Waals surface area contributed by atoms with Crippen LogP contribution in [0.1, 0.15) is 34.1 Å². The summed E-state index contributed by atoms with van der Waals surface area (Å²) in [7, 11) is 3.46. The Morgan fingerprint density at radius 2 is 1.71 bits per heavy atom. The Kier molecular flexibility index (Phi) is 4.17. The number of nitrogens with zero attached hydrogens (tertiary/aromatic N) is 1. The van der Waals surface area contributed by atoms with Gasteiger partial charge in [-0.25, -0.2) is 0 Å². The summed E-state index contributed by atoms with van der Waals surface area (Å²) < 4.78 is 0. The van der Waals surface area contributed by atoms with E-state index in [0.717, 1.165) is 6.42 Å². The molecule has 0 aromatic carbocycles. The molecule has 0 aromatic rings. The summed E-state index contributed by atoms with van der Waals surface area (Å²) in [6.45, 7) is 8.09. The van der Waals surface area contributed by atoms with Gasteiger partial charge in [0.1, 0.15) is 0 Å². The van der Waals surface area contributed by atoms with Crippen LogP contribution in [0.2, 0.25) is 0 Å². The standard InChI is InChI=1S/C11H22N2O/c1-8(10(14)13(5)6)9(12)7-11(2,3)4/h7,12H2,1-6H3. The Morgan fingerprint density at radius 3 is 2.00 bits per heavy atom. The van der Waals surface area contributed by atoms with Gasteiger partial charge in [-0.05, 0) is 18.8 Å². The van der Waals surface area contributed by atoms with Crippen molar-refractivity contribution >= 4 is 5.91 Å². The van der Waals surface area contributed by atoms with Crippen LogP contribution < -0.4 is 5.73 Å². The first-order valence-electron chi connectivity index (χ1n) is 4.82. The molecule has 0 radical (unpaired) electrons. The van der Waals surface area contributed by atoms with Crippen LogP contribution in [0, 0.1) is 5.41 Å². The molecule has 0 aromatic heterocycles. The molecule has 14 heavy (non-hydrogen) atoms. The molecule has 3 heteroatoms. The summed E-state index contributed by atoms with van der Waals surface area (Å²) in [6, 6.07) is 0. The lowest BCUT2D eigenvalue weighted by Crippen LogP contribution is -2.25. The third kappa shape index (κ3) is 4.30. The summed E-state index contributed by atoms with van der Waals surface area (Å²) in [5, 5.41) is 0. The van der Waals surface area contributed by atoms with E-state index in [2.05, 4.69) is 20.8 Å². The molecule has 0 spiro atoms. The van der Waals surface area contributed by atoms with Crippen molar-refractivity contribution in [1.82, 2.24) is 4.90 Å². The van der Waals surface area contributed by atoms with Crippen molar-refractivity contribution in [2.75, 3.05) is 14.1 Å². The maximum Gasteiger partial charge on any atom is 0.250 e. The lowest BCUT2D eigenvalue weighted by Gasteiger charge is -2.20. The predicted molar refractivity (Wildman–Crippen MR) is 59.7 cm³/mol. The average Bonchev–Trinajstić information content (AvgIpc) is 1.98. The molecule has 82 valence electrons. The molecule has 0 unspecified atom stereocenters. The highest BCUT2D eigenvalue weighted by molar-refractivity contribution is 5.93. The van der Waals surface area contributed by atoms with E-state index < -0.39 is 0 Å². The number of hydrogen-bond donors (Lipinski definition) is 1. The number of carbonyl (C=O) groups is 1. The van der Waals surface area contributed by atoms with Gasteiger partial charge in [0.05, 0.1) is 0 Å². The van der Waals surface area contributed by atoms with Gasteiger partial charge in [0, 0.05) is 25.4 Å². The van der Waals surface area contributed by atoms with Gasteiger partial charge in [0.15, 0.2) is 0 Å². The van der Waals surface area contributed by atoms with E-state index in [9.17, 15) is 4.79 Å². The molecule has 0 heterocycles. The monoisotopic (exact) mass is 198 g/mol. The van der Waals surface area contributed by atoms with Crippen molar-refractivity contribution < 1.29 is 4.79 Å². The van der Waals surface area contributed by atoms with E-state index >= 15 is 0 Å². The van der Waals surface area contributed by atoms with Gasteiger partial charge in [0.2, 0.25) is 0 Å². The Bertz CT molecular complexity index is 247. The largest absolute Gasteiger partial charge is 0.402 e. The Balaban J connectivity index is 4.68. The van der Waals surface area contributed by atoms with Gasteiger partial charge in [-0.3, -0.25) is 4.79 Å². The minimum atomic E-state index is -0.00764. The van der Waals surface area contributed by atoms with Gasteiger partial charge < -0.3 is 10.6 Å². The maximum atomic E-state index is 11.6. The molecule has 0 fully saturated rings. The Hall–Kier alpha value is -0.990. The van der Waals surface area contributed by atoms with Crippen molar-refractivity contribution in [2.24, 2.45) is 11.1 Å². The van der Waals surface area contributed by atoms with Gasteiger partial charge in [-0.15, -0.1) is 0 Å². The molecule has 1 amide bonds. The van der Waals surface area contributed by atoms with Crippen LogP contribution in [-0.4, -0.2) is 24.9 Å². The average molecular weight is 198 g/mol. The SMILES string of the molecule is CC(C(=O)N(C)C)=C(N)CC(C)(C)C. The van der Waals surface area contributed by atoms with Crippen LogP contribution in [0.3, 0.4) is 0 Å². The molecule has 0 atom stereocenters. The molecule has 0 aliphatic rings. The van der Waals surface area contributed by atoms with Crippen LogP contribution >= 0.6 is 0 Å². The number of nitrogens with two attached hydrogens (primary N) is 1. The fraction of sp³-hybridized carbons (Fsp3) is 0.727. The molecular formula is C11H22N2O. The highest BCUT2D eigenvalue weighted by atomic mass is 16.2. The number of rotatable bonds is 2. The molecule has 0 bridgehead atoms. The van der Waals surface area contributed by atoms with Gasteiger partial charge in [-0.2, -0.15) is 0 Å². The number of amides is 1. The fourth-order valence-electron chi connectivity index (χ4n) is 1.18. The first kappa shape index (κ1) is 13.0. The summed E-state index contributed by atoms with van der Waals surface area (Å²) in [4.78, 5) is 13.1. The molecule has 2 N–H and O–H groups in total. The molecule has 0 saturated heterocycles. The molecule has 0 aliphatic heterocycles. The first-order valence-corrected chi connectivity index (χ1v) is 4.82. The summed E-state index contributed by atoms with van der Waals surface area (Å²) in [5.41, 5.74) is 7.35. The van der Waals surface area contributed by atoms with Crippen LogP contribution in [0.25, 0.3) is 0 Å². The smallest absolute Gasteiger partial charge is 0.250 e. The van der Waals surface area contributed by atoms with Crippen molar-refractivity contribution in [1.29, 1.82) is 0 Å². The zero-order valence-corrected chi connectivity index (χ0v) is 10.1. The third-order valence-corrected chi connectivity index (χ3v) is 1.93. The third-order valence-electron chi connectivity index (χ3n) is 1.93. The van der Waals surface area contributed by atoms with Gasteiger partial charge >= 0.3 is 0 Å². The Labute approximate surface area is 87.0 Å². The second-order valence-electron chi connectivity index (χ2n) is 5.09. The summed E-state index contributed by atoms with van der Waals surface area (Å²) in [6.07, 6.45) is 0.748. The van der Waals surface area contributed by atoms with Crippen LogP contribution in [0.5, 0.6) is 0 Å². The van der Waals surface area contributed by atoms with Crippen molar-refractivity contribution in [3.63, 3.8) is 0 Å². The van der Waals surface area contributed by atoms with Gasteiger partial charge in [0.25, 0.3) is 5.91 Å². The molecular weight excluding hydrogens is 176 g/mol. The minimum absolute atomic E-state index is 0.00764. The van der Waals surface area contributed by atoms with Crippen LogP contribution in [-0.2, 0) is 4.79 Å². The molecule has 0 saturated carbocycles. The Morgan fingerprint density at radius 1 is 1.29 bits per heavy atom. The van der Waals surface area contributed by atoms with E-state index in [1.165, 1.54) is 0 Å². The second kappa shape index (κ2) is 4.49. The summed E-state index contributed by atoms with van der Waals surface area (Å²) in [5.74, 6) is -0.00764. The highest BCUT2D eigenvalue weighted by Crippen LogP contribution is 2.23. The lowest BCUT2D eigenvalue weighted by molar-refractivity contribution is -0.124. The predicted octanol–water partition coefficient (Wildman–Crippen LogP) is 1.74. The normalized spacial score (nSPS) is 13.6. The zero-order chi connectivity index (χ0) is 11.5. The fourth-order valence-corrected chi connectivity index (χ4v) is 1.18.